The molecule has 0 aliphatic heterocycles. The van der Waals surface area contributed by atoms with Crippen LogP contribution in [-0.4, -0.2) is 47.4 Å². The summed E-state index contributed by atoms with van der Waals surface area (Å²) in [5.74, 6) is -0.00202. The minimum atomic E-state index is -0.659. The molecule has 0 rings (SSSR count). The van der Waals surface area contributed by atoms with Gasteiger partial charge in [0.25, 0.3) is 0 Å². The smallest absolute Gasteiger partial charge is 0.305 e. The van der Waals surface area contributed by atoms with Gasteiger partial charge in [0.1, 0.15) is 0 Å². The Morgan fingerprint density at radius 3 is 0.782 bits per heavy atom. The van der Waals surface area contributed by atoms with Gasteiger partial charge in [-0.3, -0.25) is 9.59 Å². The Balaban J connectivity index is 3.28. The molecule has 1 amide bonds. The molecular formula is C72H143NO5. The monoisotopic (exact) mass is 1100 g/mol. The fraction of sp³-hybridized carbons (Fsp3) is 0.972. The van der Waals surface area contributed by atoms with E-state index in [2.05, 4.69) is 19.2 Å². The van der Waals surface area contributed by atoms with E-state index in [0.717, 1.165) is 38.5 Å². The van der Waals surface area contributed by atoms with Crippen molar-refractivity contribution in [3.05, 3.63) is 0 Å². The van der Waals surface area contributed by atoms with Gasteiger partial charge in [-0.15, -0.1) is 0 Å². The van der Waals surface area contributed by atoms with Crippen LogP contribution in [0.15, 0.2) is 0 Å². The second-order valence-electron chi connectivity index (χ2n) is 25.3. The highest BCUT2D eigenvalue weighted by molar-refractivity contribution is 5.76. The van der Waals surface area contributed by atoms with Crippen LogP contribution in [0.3, 0.4) is 0 Å². The lowest BCUT2D eigenvalue weighted by atomic mass is 10.0. The molecule has 6 nitrogen and oxygen atoms in total. The Morgan fingerprint density at radius 2 is 0.526 bits per heavy atom. The third-order valence-electron chi connectivity index (χ3n) is 17.4. The van der Waals surface area contributed by atoms with E-state index in [0.29, 0.717) is 25.9 Å². The van der Waals surface area contributed by atoms with E-state index in [1.165, 1.54) is 353 Å². The fourth-order valence-corrected chi connectivity index (χ4v) is 11.9. The predicted molar refractivity (Wildman–Crippen MR) is 343 cm³/mol. The Hall–Kier alpha value is -1.14. The lowest BCUT2D eigenvalue weighted by molar-refractivity contribution is -0.143. The first-order valence-corrected chi connectivity index (χ1v) is 36.3. The molecule has 0 spiro atoms. The average Bonchev–Trinajstić information content (AvgIpc) is 3.44. The molecule has 0 radical (unpaired) electrons. The van der Waals surface area contributed by atoms with E-state index in [4.69, 9.17) is 4.74 Å². The number of hydrogen-bond donors (Lipinski definition) is 3. The molecule has 0 fully saturated rings. The van der Waals surface area contributed by atoms with E-state index in [9.17, 15) is 19.8 Å². The van der Waals surface area contributed by atoms with Gasteiger partial charge < -0.3 is 20.3 Å². The Labute approximate surface area is 489 Å². The number of nitrogens with one attached hydrogen (secondary N) is 1. The molecule has 0 heterocycles. The summed E-state index contributed by atoms with van der Waals surface area (Å²) in [6, 6.07) is -0.536. The normalized spacial score (nSPS) is 12.4. The minimum Gasteiger partial charge on any atom is -0.466 e. The molecule has 6 heteroatoms. The van der Waals surface area contributed by atoms with E-state index >= 15 is 0 Å². The van der Waals surface area contributed by atoms with Gasteiger partial charge >= 0.3 is 5.97 Å². The topological polar surface area (TPSA) is 95.9 Å². The summed E-state index contributed by atoms with van der Waals surface area (Å²) in [7, 11) is 0. The zero-order valence-electron chi connectivity index (χ0n) is 53.4. The predicted octanol–water partition coefficient (Wildman–Crippen LogP) is 23.4. The van der Waals surface area contributed by atoms with Gasteiger partial charge in [0, 0.05) is 12.8 Å². The Kier molecular flexibility index (Phi) is 67.4. The highest BCUT2D eigenvalue weighted by Crippen LogP contribution is 2.20. The van der Waals surface area contributed by atoms with E-state index < -0.39 is 12.1 Å². The van der Waals surface area contributed by atoms with E-state index in [1.807, 2.05) is 0 Å². The number of carbonyl (C=O) groups excluding carboxylic acids is 2. The molecule has 0 bridgehead atoms. The Bertz CT molecular complexity index is 1130. The van der Waals surface area contributed by atoms with Crippen LogP contribution in [0.2, 0.25) is 0 Å². The van der Waals surface area contributed by atoms with Gasteiger partial charge in [-0.05, 0) is 25.7 Å². The number of aliphatic hydroxyl groups excluding tert-OH is 2. The van der Waals surface area contributed by atoms with Crippen molar-refractivity contribution in [2.45, 2.75) is 437 Å². The summed E-state index contributed by atoms with van der Waals surface area (Å²) < 4.78 is 5.52. The molecular weight excluding hydrogens is 959 g/mol. The van der Waals surface area contributed by atoms with Crippen molar-refractivity contribution in [2.75, 3.05) is 13.2 Å². The first kappa shape index (κ1) is 76.9. The lowest BCUT2D eigenvalue weighted by Crippen LogP contribution is -2.45. The zero-order valence-corrected chi connectivity index (χ0v) is 53.4. The number of amides is 1. The third-order valence-corrected chi connectivity index (χ3v) is 17.4. The van der Waals surface area contributed by atoms with Crippen molar-refractivity contribution in [1.29, 1.82) is 0 Å². The summed E-state index contributed by atoms with van der Waals surface area (Å²) in [4.78, 5) is 24.6. The summed E-state index contributed by atoms with van der Waals surface area (Å²) >= 11 is 0. The van der Waals surface area contributed by atoms with Crippen LogP contribution in [0, 0.1) is 0 Å². The van der Waals surface area contributed by atoms with Crippen LogP contribution >= 0.6 is 0 Å². The molecule has 0 aromatic rings. The first-order valence-electron chi connectivity index (χ1n) is 36.3. The second-order valence-corrected chi connectivity index (χ2v) is 25.3. The van der Waals surface area contributed by atoms with Crippen molar-refractivity contribution in [3.63, 3.8) is 0 Å². The second kappa shape index (κ2) is 68.4. The minimum absolute atomic E-state index is 0.0263. The van der Waals surface area contributed by atoms with Crippen molar-refractivity contribution in [2.24, 2.45) is 0 Å². The van der Waals surface area contributed by atoms with Crippen LogP contribution in [0.25, 0.3) is 0 Å². The van der Waals surface area contributed by atoms with Crippen LogP contribution in [0.4, 0.5) is 0 Å². The molecule has 2 unspecified atom stereocenters. The highest BCUT2D eigenvalue weighted by Gasteiger charge is 2.20. The number of unbranched alkanes of at least 4 members (excludes halogenated alkanes) is 58. The highest BCUT2D eigenvalue weighted by atomic mass is 16.5. The molecule has 466 valence electrons. The van der Waals surface area contributed by atoms with E-state index in [-0.39, 0.29) is 18.5 Å². The quantitative estimate of drug-likeness (QED) is 0.0417. The van der Waals surface area contributed by atoms with Gasteiger partial charge in [-0.25, -0.2) is 0 Å². The van der Waals surface area contributed by atoms with Crippen molar-refractivity contribution < 1.29 is 24.5 Å². The summed E-state index contributed by atoms with van der Waals surface area (Å²) in [6.45, 7) is 5.00. The van der Waals surface area contributed by atoms with E-state index in [1.54, 1.807) is 0 Å². The largest absolute Gasteiger partial charge is 0.466 e. The number of ether oxygens (including phenoxy) is 1. The van der Waals surface area contributed by atoms with Crippen LogP contribution in [-0.2, 0) is 14.3 Å². The summed E-state index contributed by atoms with van der Waals surface area (Å²) in [6.07, 6.45) is 83.2. The molecule has 0 aliphatic rings. The number of rotatable bonds is 69. The zero-order chi connectivity index (χ0) is 56.4. The van der Waals surface area contributed by atoms with Crippen molar-refractivity contribution in [3.8, 4) is 0 Å². The van der Waals surface area contributed by atoms with Gasteiger partial charge in [0.05, 0.1) is 25.4 Å². The SMILES string of the molecule is CCCCCCCCCCCCCCCCCCCCC(=O)OCCCCCCCCCCCCCCCCCCCCCCCCCCCCCCCCCC(=O)NC(CO)C(O)CCCCCCCCCCCCCC. The standard InChI is InChI=1S/C72H143NO5/c1-3-5-7-9-11-13-15-17-18-19-36-39-42-46-50-54-58-62-66-72(77)78-67-63-59-55-51-47-43-40-37-34-32-30-28-26-24-22-20-21-23-25-27-29-31-33-35-38-41-45-49-53-57-61-65-71(76)73-69(68-74)70(75)64-60-56-52-48-44-16-14-12-10-8-6-4-2/h69-70,74-75H,3-68H2,1-2H3,(H,73,76). The molecule has 0 aliphatic carbocycles. The molecule has 0 aromatic carbocycles. The molecule has 3 N–H and O–H groups in total. The molecule has 0 saturated heterocycles. The van der Waals surface area contributed by atoms with Gasteiger partial charge in [-0.1, -0.05) is 386 Å². The molecule has 2 atom stereocenters. The van der Waals surface area contributed by atoms with Gasteiger partial charge in [0.15, 0.2) is 0 Å². The lowest BCUT2D eigenvalue weighted by Gasteiger charge is -2.22. The number of hydrogen-bond acceptors (Lipinski definition) is 5. The average molecular weight is 1100 g/mol. The third kappa shape index (κ3) is 64.0. The van der Waals surface area contributed by atoms with Crippen molar-refractivity contribution >= 4 is 11.9 Å². The maximum Gasteiger partial charge on any atom is 0.305 e. The maximum absolute atomic E-state index is 12.5. The van der Waals surface area contributed by atoms with Crippen molar-refractivity contribution in [1.82, 2.24) is 5.32 Å². The molecule has 78 heavy (non-hydrogen) atoms. The van der Waals surface area contributed by atoms with Crippen LogP contribution in [0.1, 0.15) is 425 Å². The Morgan fingerprint density at radius 1 is 0.308 bits per heavy atom. The van der Waals surface area contributed by atoms with Gasteiger partial charge in [0.2, 0.25) is 5.91 Å². The number of carbonyl (C=O) groups is 2. The first-order chi connectivity index (χ1) is 38.5. The maximum atomic E-state index is 12.5. The summed E-state index contributed by atoms with van der Waals surface area (Å²) in [5.41, 5.74) is 0. The molecule has 0 aromatic heterocycles. The van der Waals surface area contributed by atoms with Gasteiger partial charge in [-0.2, -0.15) is 0 Å². The number of aliphatic hydroxyl groups is 2. The van der Waals surface area contributed by atoms with Crippen LogP contribution in [0.5, 0.6) is 0 Å². The number of esters is 1. The fourth-order valence-electron chi connectivity index (χ4n) is 11.9. The molecule has 0 saturated carbocycles. The van der Waals surface area contributed by atoms with Crippen LogP contribution < -0.4 is 5.32 Å². The summed E-state index contributed by atoms with van der Waals surface area (Å²) in [5, 5.41) is 23.3.